The summed E-state index contributed by atoms with van der Waals surface area (Å²) in [6.07, 6.45) is 1.52. The molecule has 5 rings (SSSR count). The van der Waals surface area contributed by atoms with Crippen LogP contribution in [0.15, 0.2) is 46.1 Å². The molecule has 4 aromatic rings. The van der Waals surface area contributed by atoms with Gasteiger partial charge in [-0.25, -0.2) is 17.9 Å². The summed E-state index contributed by atoms with van der Waals surface area (Å²) in [5, 5.41) is 7.65. The van der Waals surface area contributed by atoms with E-state index >= 15 is 0 Å². The molecule has 13 nitrogen and oxygen atoms in total. The molecule has 278 valence electrons. The van der Waals surface area contributed by atoms with Gasteiger partial charge in [0.2, 0.25) is 15.9 Å². The van der Waals surface area contributed by atoms with Crippen LogP contribution in [-0.2, 0) is 21.2 Å². The van der Waals surface area contributed by atoms with Crippen LogP contribution in [0.1, 0.15) is 63.7 Å². The highest BCUT2D eigenvalue weighted by molar-refractivity contribution is 7.89. The molecule has 0 radical (unpaired) electrons. The summed E-state index contributed by atoms with van der Waals surface area (Å²) < 4.78 is 35.7. The largest absolute Gasteiger partial charge is 0.493 e. The summed E-state index contributed by atoms with van der Waals surface area (Å²) in [6, 6.07) is 10.8. The van der Waals surface area contributed by atoms with Crippen LogP contribution in [0.5, 0.6) is 5.75 Å². The molecule has 1 fully saturated rings. The molecule has 0 aliphatic carbocycles. The molecule has 2 aromatic heterocycles. The SMILES string of the molecule is CCCc1nc(C)c2c(=O)[nH]c(-c3cc(S(=O)(=O)N4CCN(CC)CC4)ccc3OCC)nn12.CCN(CC)CC(=O)Nc1c(C)cccc1C. The highest BCUT2D eigenvalue weighted by Crippen LogP contribution is 2.32. The number of aromatic amines is 1. The van der Waals surface area contributed by atoms with Crippen LogP contribution < -0.4 is 15.6 Å². The molecule has 0 spiro atoms. The topological polar surface area (TPSA) is 145 Å². The Morgan fingerprint density at radius 1 is 0.980 bits per heavy atom. The van der Waals surface area contributed by atoms with E-state index in [1.54, 1.807) is 29.6 Å². The summed E-state index contributed by atoms with van der Waals surface area (Å²) in [7, 11) is -3.71. The summed E-state index contributed by atoms with van der Waals surface area (Å²) in [5.74, 6) is 1.45. The number of rotatable bonds is 13. The number of hydrogen-bond donors (Lipinski definition) is 2. The van der Waals surface area contributed by atoms with Crippen LogP contribution in [0.4, 0.5) is 5.69 Å². The Bertz CT molecular complexity index is 1940. The van der Waals surface area contributed by atoms with E-state index in [9.17, 15) is 18.0 Å². The van der Waals surface area contributed by atoms with Crippen molar-refractivity contribution in [1.29, 1.82) is 0 Å². The second-order valence-electron chi connectivity index (χ2n) is 12.6. The molecule has 0 atom stereocenters. The van der Waals surface area contributed by atoms with Crippen molar-refractivity contribution in [3.05, 3.63) is 69.4 Å². The fourth-order valence-corrected chi connectivity index (χ4v) is 7.60. The fraction of sp³-hybridized carbons (Fsp3) is 0.514. The number of carbonyl (C=O) groups excluding carboxylic acids is 1. The lowest BCUT2D eigenvalue weighted by molar-refractivity contribution is -0.117. The number of amides is 1. The van der Waals surface area contributed by atoms with Gasteiger partial charge in [-0.1, -0.05) is 45.9 Å². The number of imidazole rings is 1. The Morgan fingerprint density at radius 3 is 2.24 bits per heavy atom. The number of H-pyrrole nitrogens is 1. The Morgan fingerprint density at radius 2 is 1.65 bits per heavy atom. The molecule has 1 amide bonds. The summed E-state index contributed by atoms with van der Waals surface area (Å²) in [6.45, 7) is 21.7. The molecule has 1 saturated heterocycles. The number of nitrogens with zero attached hydrogens (tertiary/aromatic N) is 6. The molecule has 14 heteroatoms. The lowest BCUT2D eigenvalue weighted by atomic mass is 10.1. The van der Waals surface area contributed by atoms with E-state index in [1.165, 1.54) is 4.31 Å². The van der Waals surface area contributed by atoms with Gasteiger partial charge >= 0.3 is 0 Å². The first-order valence-corrected chi connectivity index (χ1v) is 19.4. The van der Waals surface area contributed by atoms with Gasteiger partial charge in [0.1, 0.15) is 11.6 Å². The van der Waals surface area contributed by atoms with E-state index in [0.717, 1.165) is 42.9 Å². The number of carbonyl (C=O) groups is 1. The minimum absolute atomic E-state index is 0.0612. The fourth-order valence-electron chi connectivity index (χ4n) is 6.15. The second kappa shape index (κ2) is 17.9. The molecule has 0 saturated carbocycles. The van der Waals surface area contributed by atoms with Gasteiger partial charge < -0.3 is 19.9 Å². The predicted octanol–water partition coefficient (Wildman–Crippen LogP) is 4.65. The highest BCUT2D eigenvalue weighted by Gasteiger charge is 2.29. The lowest BCUT2D eigenvalue weighted by Crippen LogP contribution is -2.48. The van der Waals surface area contributed by atoms with Crippen LogP contribution in [-0.4, -0.2) is 107 Å². The number of aryl methyl sites for hydroxylation is 4. The maximum atomic E-state index is 13.4. The molecule has 2 N–H and O–H groups in total. The van der Waals surface area contributed by atoms with Crippen molar-refractivity contribution < 1.29 is 17.9 Å². The molecule has 1 aliphatic heterocycles. The summed E-state index contributed by atoms with van der Waals surface area (Å²) >= 11 is 0. The maximum absolute atomic E-state index is 13.4. The minimum Gasteiger partial charge on any atom is -0.493 e. The number of para-hydroxylation sites is 1. The van der Waals surface area contributed by atoms with Crippen molar-refractivity contribution in [2.24, 2.45) is 0 Å². The van der Waals surface area contributed by atoms with Gasteiger partial charge in [-0.2, -0.15) is 4.31 Å². The second-order valence-corrected chi connectivity index (χ2v) is 14.6. The first kappa shape index (κ1) is 39.7. The number of nitrogens with one attached hydrogen (secondary N) is 2. The van der Waals surface area contributed by atoms with Gasteiger partial charge in [-0.05, 0) is 83.1 Å². The van der Waals surface area contributed by atoms with E-state index < -0.39 is 10.0 Å². The Balaban J connectivity index is 0.000000289. The number of piperazine rings is 1. The maximum Gasteiger partial charge on any atom is 0.277 e. The van der Waals surface area contributed by atoms with Gasteiger partial charge in [0.05, 0.1) is 29.3 Å². The number of fused-ring (bicyclic) bond motifs is 1. The molecular formula is C37H54N8O5S. The van der Waals surface area contributed by atoms with Crippen molar-refractivity contribution in [2.45, 2.75) is 73.1 Å². The molecule has 2 aromatic carbocycles. The van der Waals surface area contributed by atoms with E-state index in [1.807, 2.05) is 45.9 Å². The Hall–Kier alpha value is -4.11. The summed E-state index contributed by atoms with van der Waals surface area (Å²) in [4.78, 5) is 36.6. The number of sulfonamides is 1. The highest BCUT2D eigenvalue weighted by atomic mass is 32.2. The predicted molar refractivity (Wildman–Crippen MR) is 202 cm³/mol. The average Bonchev–Trinajstić information content (AvgIpc) is 3.44. The zero-order chi connectivity index (χ0) is 37.3. The number of aromatic nitrogens is 4. The van der Waals surface area contributed by atoms with Crippen molar-refractivity contribution in [1.82, 2.24) is 33.7 Å². The lowest BCUT2D eigenvalue weighted by Gasteiger charge is -2.33. The molecule has 3 heterocycles. The molecular weight excluding hydrogens is 669 g/mol. The first-order valence-electron chi connectivity index (χ1n) is 17.9. The van der Waals surface area contributed by atoms with Crippen molar-refractivity contribution in [2.75, 3.05) is 64.3 Å². The third-order valence-corrected chi connectivity index (χ3v) is 11.0. The third-order valence-electron chi connectivity index (χ3n) is 9.15. The van der Waals surface area contributed by atoms with Crippen LogP contribution in [0.3, 0.4) is 0 Å². The molecule has 0 unspecified atom stereocenters. The molecule has 0 bridgehead atoms. The number of anilines is 1. The third kappa shape index (κ3) is 9.42. The minimum atomic E-state index is -3.71. The van der Waals surface area contributed by atoms with E-state index in [4.69, 9.17) is 4.74 Å². The van der Waals surface area contributed by atoms with Gasteiger partial charge in [-0.3, -0.25) is 14.5 Å². The van der Waals surface area contributed by atoms with Crippen LogP contribution in [0.2, 0.25) is 0 Å². The molecule has 1 aliphatic rings. The normalized spacial score (nSPS) is 14.1. The van der Waals surface area contributed by atoms with Gasteiger partial charge in [0.25, 0.3) is 5.56 Å². The smallest absolute Gasteiger partial charge is 0.277 e. The van der Waals surface area contributed by atoms with Crippen LogP contribution >= 0.6 is 0 Å². The Labute approximate surface area is 302 Å². The van der Waals surface area contributed by atoms with Crippen molar-refractivity contribution in [3.63, 3.8) is 0 Å². The number of ether oxygens (including phenoxy) is 1. The van der Waals surface area contributed by atoms with Gasteiger partial charge in [-0.15, -0.1) is 5.10 Å². The van der Waals surface area contributed by atoms with E-state index in [2.05, 4.69) is 51.0 Å². The number of benzene rings is 2. The monoisotopic (exact) mass is 722 g/mol. The van der Waals surface area contributed by atoms with E-state index in [0.29, 0.717) is 74.1 Å². The number of hydrogen-bond acceptors (Lipinski definition) is 9. The van der Waals surface area contributed by atoms with Crippen LogP contribution in [0, 0.1) is 20.8 Å². The van der Waals surface area contributed by atoms with Crippen molar-refractivity contribution in [3.8, 4) is 17.1 Å². The van der Waals surface area contributed by atoms with Gasteiger partial charge in [0.15, 0.2) is 11.3 Å². The van der Waals surface area contributed by atoms with Gasteiger partial charge in [0, 0.05) is 38.3 Å². The average molecular weight is 723 g/mol. The van der Waals surface area contributed by atoms with Crippen molar-refractivity contribution >= 4 is 27.1 Å². The Kier molecular flexibility index (Phi) is 13.9. The van der Waals surface area contributed by atoms with E-state index in [-0.39, 0.29) is 22.2 Å². The first-order chi connectivity index (χ1) is 24.4. The van der Waals surface area contributed by atoms with Crippen LogP contribution in [0.25, 0.3) is 16.9 Å². The molecule has 51 heavy (non-hydrogen) atoms. The zero-order valence-electron chi connectivity index (χ0n) is 31.4. The standard InChI is InChI=1S/C23H32N6O4S.C14H22N2O/c1-5-8-20-24-16(4)21-23(30)25-22(26-29(20)21)18-15-17(9-10-19(18)33-7-3)34(31,32)28-13-11-27(6-2)12-14-28;1-5-16(6-2)10-13(17)15-14-11(3)8-7-9-12(14)4/h9-10,15H,5-8,11-14H2,1-4H3,(H,25,26,30);7-9H,5-6,10H2,1-4H3,(H,15,17). The quantitative estimate of drug-likeness (QED) is 0.201. The number of likely N-dealkylation sites (N-methyl/N-ethyl adjacent to an activating group) is 2. The zero-order valence-corrected chi connectivity index (χ0v) is 32.2. The summed E-state index contributed by atoms with van der Waals surface area (Å²) in [5.41, 5.74) is 4.26.